The molecule has 0 aromatic heterocycles. The van der Waals surface area contributed by atoms with Crippen LogP contribution < -0.4 is 4.99 Å². The minimum atomic E-state index is -0.247. The van der Waals surface area contributed by atoms with Gasteiger partial charge in [0.25, 0.3) is 0 Å². The zero-order valence-corrected chi connectivity index (χ0v) is 7.49. The minimum Gasteiger partial charge on any atom is -0.469 e. The maximum atomic E-state index is 10.7. The summed E-state index contributed by atoms with van der Waals surface area (Å²) in [5, 5.41) is 0. The van der Waals surface area contributed by atoms with E-state index in [1.165, 1.54) is 7.11 Å². The number of para-hydroxylation sites is 1. The lowest BCUT2D eigenvalue weighted by molar-refractivity contribution is -0.348. The Hall–Kier alpha value is -1.64. The lowest BCUT2D eigenvalue weighted by atomic mass is 10.3. The SMILES string of the molecule is COC(=O)CC=[NH+]c1ccccc1. The molecule has 0 radical (unpaired) electrons. The summed E-state index contributed by atoms with van der Waals surface area (Å²) in [5.41, 5.74) is 0.964. The summed E-state index contributed by atoms with van der Waals surface area (Å²) in [7, 11) is 1.37. The summed E-state index contributed by atoms with van der Waals surface area (Å²) >= 11 is 0. The lowest BCUT2D eigenvalue weighted by Crippen LogP contribution is -2.61. The first-order valence-electron chi connectivity index (χ1n) is 4.03. The number of benzene rings is 1. The van der Waals surface area contributed by atoms with Gasteiger partial charge in [0.05, 0.1) is 7.11 Å². The second-order valence-electron chi connectivity index (χ2n) is 2.49. The van der Waals surface area contributed by atoms with E-state index >= 15 is 0 Å². The van der Waals surface area contributed by atoms with Crippen LogP contribution in [0.1, 0.15) is 6.42 Å². The van der Waals surface area contributed by atoms with Gasteiger partial charge in [-0.3, -0.25) is 4.79 Å². The number of rotatable bonds is 3. The largest absolute Gasteiger partial charge is 0.469 e. The predicted molar refractivity (Wildman–Crippen MR) is 49.8 cm³/mol. The van der Waals surface area contributed by atoms with Crippen LogP contribution in [0.2, 0.25) is 0 Å². The molecule has 0 saturated heterocycles. The number of ether oxygens (including phenoxy) is 1. The van der Waals surface area contributed by atoms with Gasteiger partial charge in [-0.1, -0.05) is 18.2 Å². The molecule has 0 atom stereocenters. The van der Waals surface area contributed by atoms with Crippen LogP contribution in [-0.2, 0) is 9.53 Å². The first-order chi connectivity index (χ1) is 6.33. The zero-order chi connectivity index (χ0) is 9.52. The molecule has 3 nitrogen and oxygen atoms in total. The smallest absolute Gasteiger partial charge is 0.315 e. The van der Waals surface area contributed by atoms with Gasteiger partial charge in [0.15, 0.2) is 6.21 Å². The van der Waals surface area contributed by atoms with Crippen molar-refractivity contribution >= 4 is 17.9 Å². The van der Waals surface area contributed by atoms with Gasteiger partial charge < -0.3 is 4.74 Å². The van der Waals surface area contributed by atoms with E-state index in [0.717, 1.165) is 5.69 Å². The number of carbonyl (C=O) groups is 1. The molecule has 1 aromatic carbocycles. The van der Waals surface area contributed by atoms with Crippen LogP contribution in [0.3, 0.4) is 0 Å². The second kappa shape index (κ2) is 5.09. The van der Waals surface area contributed by atoms with Gasteiger partial charge in [-0.05, 0) is 0 Å². The quantitative estimate of drug-likeness (QED) is 0.524. The summed E-state index contributed by atoms with van der Waals surface area (Å²) in [6, 6.07) is 9.63. The van der Waals surface area contributed by atoms with E-state index in [1.807, 2.05) is 30.3 Å². The molecule has 0 aliphatic heterocycles. The Kier molecular flexibility index (Phi) is 3.70. The minimum absolute atomic E-state index is 0.247. The third-order valence-electron chi connectivity index (χ3n) is 1.54. The highest BCUT2D eigenvalue weighted by atomic mass is 16.5. The molecule has 68 valence electrons. The van der Waals surface area contributed by atoms with E-state index < -0.39 is 0 Å². The lowest BCUT2D eigenvalue weighted by Gasteiger charge is -1.88. The Labute approximate surface area is 77.1 Å². The molecule has 0 aliphatic carbocycles. The highest BCUT2D eigenvalue weighted by molar-refractivity contribution is 5.83. The summed E-state index contributed by atoms with van der Waals surface area (Å²) in [4.78, 5) is 13.7. The fourth-order valence-corrected chi connectivity index (χ4v) is 0.870. The Bertz CT molecular complexity index is 293. The fourth-order valence-electron chi connectivity index (χ4n) is 0.870. The monoisotopic (exact) mass is 178 g/mol. The van der Waals surface area contributed by atoms with Crippen LogP contribution in [0.15, 0.2) is 30.3 Å². The zero-order valence-electron chi connectivity index (χ0n) is 7.49. The molecule has 0 saturated carbocycles. The molecule has 1 aromatic rings. The van der Waals surface area contributed by atoms with Gasteiger partial charge >= 0.3 is 5.97 Å². The third kappa shape index (κ3) is 3.51. The van der Waals surface area contributed by atoms with Gasteiger partial charge in [0.2, 0.25) is 5.69 Å². The van der Waals surface area contributed by atoms with E-state index in [-0.39, 0.29) is 12.4 Å². The van der Waals surface area contributed by atoms with E-state index in [4.69, 9.17) is 0 Å². The number of methoxy groups -OCH3 is 1. The molecule has 0 aliphatic rings. The third-order valence-corrected chi connectivity index (χ3v) is 1.54. The fraction of sp³-hybridized carbons (Fsp3) is 0.200. The first kappa shape index (κ1) is 9.45. The van der Waals surface area contributed by atoms with E-state index in [2.05, 4.69) is 9.73 Å². The average molecular weight is 178 g/mol. The van der Waals surface area contributed by atoms with Crippen molar-refractivity contribution < 1.29 is 14.5 Å². The molecule has 1 rings (SSSR count). The van der Waals surface area contributed by atoms with Crippen LogP contribution in [0.5, 0.6) is 0 Å². The maximum absolute atomic E-state index is 10.7. The molecular weight excluding hydrogens is 166 g/mol. The second-order valence-corrected chi connectivity index (χ2v) is 2.49. The number of carbonyl (C=O) groups excluding carboxylic acids is 1. The summed E-state index contributed by atoms with van der Waals surface area (Å²) in [5.74, 6) is -0.247. The number of hydrogen-bond acceptors (Lipinski definition) is 2. The average Bonchev–Trinajstić information content (AvgIpc) is 2.19. The van der Waals surface area contributed by atoms with E-state index in [9.17, 15) is 4.79 Å². The van der Waals surface area contributed by atoms with Crippen molar-refractivity contribution in [3.63, 3.8) is 0 Å². The van der Waals surface area contributed by atoms with Gasteiger partial charge in [0.1, 0.15) is 6.42 Å². The van der Waals surface area contributed by atoms with Crippen LogP contribution >= 0.6 is 0 Å². The van der Waals surface area contributed by atoms with Crippen molar-refractivity contribution in [2.24, 2.45) is 0 Å². The van der Waals surface area contributed by atoms with Gasteiger partial charge in [-0.25, -0.2) is 4.99 Å². The Balaban J connectivity index is 2.45. The van der Waals surface area contributed by atoms with E-state index in [1.54, 1.807) is 6.21 Å². The van der Waals surface area contributed by atoms with Gasteiger partial charge in [0, 0.05) is 12.1 Å². The van der Waals surface area contributed by atoms with Crippen molar-refractivity contribution in [1.82, 2.24) is 0 Å². The summed E-state index contributed by atoms with van der Waals surface area (Å²) in [6.45, 7) is 0. The topological polar surface area (TPSA) is 40.3 Å². The molecule has 0 heterocycles. The van der Waals surface area contributed by atoms with Gasteiger partial charge in [-0.2, -0.15) is 0 Å². The van der Waals surface area contributed by atoms with Crippen LogP contribution in [0, 0.1) is 0 Å². The van der Waals surface area contributed by atoms with Crippen LogP contribution in [0.4, 0.5) is 5.69 Å². The predicted octanol–water partition coefficient (Wildman–Crippen LogP) is 0.0326. The molecule has 13 heavy (non-hydrogen) atoms. The number of nitrogens with one attached hydrogen (secondary N) is 1. The van der Waals surface area contributed by atoms with Crippen molar-refractivity contribution in [1.29, 1.82) is 0 Å². The summed E-state index contributed by atoms with van der Waals surface area (Å²) < 4.78 is 4.48. The molecule has 0 spiro atoms. The Morgan fingerprint density at radius 2 is 2.15 bits per heavy atom. The van der Waals surface area contributed by atoms with Crippen molar-refractivity contribution in [2.75, 3.05) is 7.11 Å². The summed E-state index contributed by atoms with van der Waals surface area (Å²) in [6.07, 6.45) is 1.94. The normalized spacial score (nSPS) is 10.2. The molecular formula is C10H12NO2+. The Morgan fingerprint density at radius 3 is 2.77 bits per heavy atom. The number of hydrogen-bond donors (Lipinski definition) is 1. The molecule has 0 fully saturated rings. The molecule has 1 N–H and O–H groups in total. The van der Waals surface area contributed by atoms with Crippen molar-refractivity contribution in [3.05, 3.63) is 30.3 Å². The van der Waals surface area contributed by atoms with Crippen LogP contribution in [-0.4, -0.2) is 19.3 Å². The number of esters is 1. The van der Waals surface area contributed by atoms with Gasteiger partial charge in [-0.15, -0.1) is 0 Å². The highest BCUT2D eigenvalue weighted by Gasteiger charge is 1.98. The van der Waals surface area contributed by atoms with Crippen LogP contribution in [0.25, 0.3) is 0 Å². The highest BCUT2D eigenvalue weighted by Crippen LogP contribution is 1.94. The van der Waals surface area contributed by atoms with E-state index in [0.29, 0.717) is 0 Å². The Morgan fingerprint density at radius 1 is 1.46 bits per heavy atom. The molecule has 3 heteroatoms. The molecule has 0 bridgehead atoms. The van der Waals surface area contributed by atoms with Crippen molar-refractivity contribution in [3.8, 4) is 0 Å². The first-order valence-corrected chi connectivity index (χ1v) is 4.03. The standard InChI is InChI=1S/C10H11NO2/c1-13-10(12)7-8-11-9-5-3-2-4-6-9/h2-6,8H,7H2,1H3/p+1. The maximum Gasteiger partial charge on any atom is 0.315 e. The molecule has 0 unspecified atom stereocenters. The molecule has 0 amide bonds. The van der Waals surface area contributed by atoms with Crippen molar-refractivity contribution in [2.45, 2.75) is 6.42 Å².